The third kappa shape index (κ3) is 6.80. The lowest BCUT2D eigenvalue weighted by molar-refractivity contribution is 1.28. The van der Waals surface area contributed by atoms with E-state index >= 15 is 0 Å². The van der Waals surface area contributed by atoms with Crippen LogP contribution in [0.25, 0.3) is 66.2 Å². The van der Waals surface area contributed by atoms with Gasteiger partial charge in [0.15, 0.2) is 0 Å². The second-order valence-corrected chi connectivity index (χ2v) is 12.4. The molecule has 0 saturated heterocycles. The first-order chi connectivity index (χ1) is 26.5. The van der Waals surface area contributed by atoms with Crippen molar-refractivity contribution in [2.24, 2.45) is 0 Å². The van der Waals surface area contributed by atoms with E-state index in [9.17, 15) is 0 Å². The maximum absolute atomic E-state index is 5.23. The predicted octanol–water partition coefficient (Wildman–Crippen LogP) is 8.56. The Hall–Kier alpha value is -7.08. The minimum atomic E-state index is 0.568. The monoisotopic (exact) mass is 714 g/mol. The van der Waals surface area contributed by atoms with E-state index in [2.05, 4.69) is 71.4 Å². The molecule has 0 bridgehead atoms. The lowest BCUT2D eigenvalue weighted by Crippen LogP contribution is -2.07. The molecule has 0 radical (unpaired) electrons. The topological polar surface area (TPSA) is 150 Å². The summed E-state index contributed by atoms with van der Waals surface area (Å²) in [6.07, 6.45) is 10.9. The molecule has 0 unspecified atom stereocenters. The van der Waals surface area contributed by atoms with Crippen LogP contribution in [0.4, 0.5) is 34.1 Å². The van der Waals surface area contributed by atoms with Crippen LogP contribution in [0.5, 0.6) is 0 Å². The van der Waals surface area contributed by atoms with E-state index in [0.717, 1.165) is 34.1 Å². The molecule has 6 N–H and O–H groups in total. The fourth-order valence-electron chi connectivity index (χ4n) is 6.27. The minimum Gasteiger partial charge on any atom is -0.380 e. The van der Waals surface area contributed by atoms with Gasteiger partial charge < -0.3 is 31.9 Å². The van der Waals surface area contributed by atoms with Crippen LogP contribution in [0.2, 0.25) is 0 Å². The highest BCUT2D eigenvalue weighted by atomic mass is 15.0. The lowest BCUT2D eigenvalue weighted by Gasteiger charge is -2.16. The number of nitrogens with zero attached hydrogens (tertiary/aromatic N) is 6. The molecule has 4 aromatic carbocycles. The van der Waals surface area contributed by atoms with Crippen LogP contribution >= 0.6 is 0 Å². The molecule has 0 fully saturated rings. The van der Waals surface area contributed by atoms with Gasteiger partial charge in [-0.1, -0.05) is 36.5 Å². The Labute approximate surface area is 313 Å². The van der Waals surface area contributed by atoms with Crippen LogP contribution in [0, 0.1) is 0 Å². The predicted molar refractivity (Wildman–Crippen MR) is 230 cm³/mol. The number of aromatic nitrogens is 6. The summed E-state index contributed by atoms with van der Waals surface area (Å²) in [6, 6.07) is 11.9. The van der Waals surface area contributed by atoms with Gasteiger partial charge in [-0.2, -0.15) is 0 Å². The third-order valence-corrected chi connectivity index (χ3v) is 8.70. The van der Waals surface area contributed by atoms with Crippen LogP contribution in [0.1, 0.15) is 0 Å². The number of rotatable bonds is 18. The van der Waals surface area contributed by atoms with E-state index in [1.165, 1.54) is 0 Å². The molecule has 3 heterocycles. The van der Waals surface area contributed by atoms with Gasteiger partial charge in [0.2, 0.25) is 0 Å². The molecule has 7 aromatic rings. The number of benzene rings is 4. The first kappa shape index (κ1) is 35.3. The summed E-state index contributed by atoms with van der Waals surface area (Å²) in [5, 5.41) is 20.5. The quantitative estimate of drug-likeness (QED) is 0.0287. The van der Waals surface area contributed by atoms with E-state index < -0.39 is 0 Å². The molecule has 270 valence electrons. The molecule has 0 amide bonds. The van der Waals surface area contributed by atoms with Crippen molar-refractivity contribution < 1.29 is 0 Å². The van der Waals surface area contributed by atoms with Gasteiger partial charge in [-0.3, -0.25) is 0 Å². The third-order valence-electron chi connectivity index (χ3n) is 8.70. The summed E-state index contributed by atoms with van der Waals surface area (Å²) in [4.78, 5) is 31.4. The van der Waals surface area contributed by atoms with E-state index in [1.54, 1.807) is 0 Å². The first-order valence-corrected chi connectivity index (χ1v) is 17.7. The SMILES string of the molecule is C=CCNc1cc2nc3c4nc5cc(NCC=C)c(NCC=C)cc5nc4c4nc5cc(NCC=C)c(NCC=C)cc5nc4c3nc2cc1NCC=C. The zero-order valence-corrected chi connectivity index (χ0v) is 30.1. The second kappa shape index (κ2) is 15.7. The largest absolute Gasteiger partial charge is 0.380 e. The van der Waals surface area contributed by atoms with Crippen LogP contribution in [-0.2, 0) is 0 Å². The van der Waals surface area contributed by atoms with E-state index in [4.69, 9.17) is 29.9 Å². The molecule has 0 aliphatic heterocycles. The van der Waals surface area contributed by atoms with Crippen LogP contribution in [-0.4, -0.2) is 69.2 Å². The van der Waals surface area contributed by atoms with Gasteiger partial charge >= 0.3 is 0 Å². The van der Waals surface area contributed by atoms with Gasteiger partial charge in [0.05, 0.1) is 67.2 Å². The number of hydrogen-bond donors (Lipinski definition) is 6. The summed E-state index contributed by atoms with van der Waals surface area (Å²) < 4.78 is 0. The van der Waals surface area contributed by atoms with Crippen molar-refractivity contribution in [3.63, 3.8) is 0 Å². The highest BCUT2D eigenvalue weighted by Gasteiger charge is 2.21. The average Bonchev–Trinajstić information content (AvgIpc) is 3.19. The van der Waals surface area contributed by atoms with Gasteiger partial charge in [0.25, 0.3) is 0 Å². The summed E-state index contributed by atoms with van der Waals surface area (Å²) >= 11 is 0. The number of hydrogen-bond acceptors (Lipinski definition) is 12. The molecular weight excluding hydrogens is 673 g/mol. The maximum atomic E-state index is 5.23. The molecule has 54 heavy (non-hydrogen) atoms. The Morgan fingerprint density at radius 1 is 0.296 bits per heavy atom. The number of nitrogens with one attached hydrogen (secondary N) is 6. The molecule has 0 atom stereocenters. The van der Waals surface area contributed by atoms with Crippen molar-refractivity contribution in [1.82, 2.24) is 29.9 Å². The van der Waals surface area contributed by atoms with Crippen LogP contribution < -0.4 is 31.9 Å². The minimum absolute atomic E-state index is 0.568. The lowest BCUT2D eigenvalue weighted by atomic mass is 10.1. The summed E-state index contributed by atoms with van der Waals surface area (Å²) in [7, 11) is 0. The zero-order valence-electron chi connectivity index (χ0n) is 30.1. The molecule has 0 aliphatic rings. The van der Waals surface area contributed by atoms with E-state index in [0.29, 0.717) is 105 Å². The molecule has 0 aliphatic carbocycles. The van der Waals surface area contributed by atoms with Crippen molar-refractivity contribution in [1.29, 1.82) is 0 Å². The molecule has 7 rings (SSSR count). The van der Waals surface area contributed by atoms with E-state index in [-0.39, 0.29) is 0 Å². The van der Waals surface area contributed by atoms with Crippen molar-refractivity contribution in [2.45, 2.75) is 0 Å². The molecule has 12 nitrogen and oxygen atoms in total. The molecule has 3 aromatic heterocycles. The zero-order chi connectivity index (χ0) is 37.6. The normalized spacial score (nSPS) is 11.1. The van der Waals surface area contributed by atoms with Crippen LogP contribution in [0.3, 0.4) is 0 Å². The number of anilines is 6. The van der Waals surface area contributed by atoms with E-state index in [1.807, 2.05) is 72.9 Å². The fraction of sp³-hybridized carbons (Fsp3) is 0.143. The van der Waals surface area contributed by atoms with Crippen molar-refractivity contribution in [3.05, 3.63) is 112 Å². The highest BCUT2D eigenvalue weighted by molar-refractivity contribution is 6.21. The fourth-order valence-corrected chi connectivity index (χ4v) is 6.27. The standard InChI is InChI=1S/C42H42N12/c1-7-13-43-25-19-31-32(20-26(25)44-14-8-2)50-38-37(49-31)39-41(53-34-22-28(46-16-10-4)27(45-15-9-3)21-33(34)51-39)42-40(38)52-35-23-29(47-17-11-5)30(48-18-12-6)24-36(35)54-42/h7-12,19-24,43-48H,1-6,13-18H2. The van der Waals surface area contributed by atoms with Gasteiger partial charge in [-0.05, 0) is 36.4 Å². The Morgan fingerprint density at radius 3 is 0.574 bits per heavy atom. The number of fused-ring (bicyclic) bond motifs is 9. The molecular formula is C42H42N12. The Kier molecular flexibility index (Phi) is 10.2. The first-order valence-electron chi connectivity index (χ1n) is 17.7. The average molecular weight is 715 g/mol. The summed E-state index contributed by atoms with van der Waals surface area (Å²) in [5.74, 6) is 0. The Bertz CT molecular complexity index is 2150. The second-order valence-electron chi connectivity index (χ2n) is 12.4. The summed E-state index contributed by atoms with van der Waals surface area (Å²) in [6.45, 7) is 26.7. The maximum Gasteiger partial charge on any atom is 0.120 e. The molecule has 0 spiro atoms. The Balaban J connectivity index is 1.59. The van der Waals surface area contributed by atoms with Gasteiger partial charge in [0, 0.05) is 39.3 Å². The van der Waals surface area contributed by atoms with Gasteiger partial charge in [-0.15, -0.1) is 39.5 Å². The van der Waals surface area contributed by atoms with Crippen molar-refractivity contribution in [2.75, 3.05) is 71.2 Å². The van der Waals surface area contributed by atoms with Gasteiger partial charge in [-0.25, -0.2) is 29.9 Å². The Morgan fingerprint density at radius 2 is 0.444 bits per heavy atom. The molecule has 12 heteroatoms. The van der Waals surface area contributed by atoms with Crippen LogP contribution in [0.15, 0.2) is 112 Å². The smallest absolute Gasteiger partial charge is 0.120 e. The summed E-state index contributed by atoms with van der Waals surface area (Å²) in [5.41, 5.74) is 12.7. The van der Waals surface area contributed by atoms with Crippen molar-refractivity contribution in [3.8, 4) is 0 Å². The van der Waals surface area contributed by atoms with Gasteiger partial charge in [0.1, 0.15) is 33.1 Å². The highest BCUT2D eigenvalue weighted by Crippen LogP contribution is 2.37. The van der Waals surface area contributed by atoms with Crippen molar-refractivity contribution >= 4 is 100 Å². The molecule has 0 saturated carbocycles.